The van der Waals surface area contributed by atoms with Gasteiger partial charge in [0.1, 0.15) is 24.1 Å². The molecule has 18 nitrogen and oxygen atoms in total. The van der Waals surface area contributed by atoms with Crippen molar-refractivity contribution < 1.29 is 82.0 Å². The lowest BCUT2D eigenvalue weighted by Crippen LogP contribution is -2.86. The number of aliphatic hydroxyl groups excluding tert-OH is 1. The molecule has 5 unspecified atom stereocenters. The van der Waals surface area contributed by atoms with Crippen LogP contribution in [0.1, 0.15) is 93.1 Å². The molecule has 0 spiro atoms. The second-order valence-corrected chi connectivity index (χ2v) is 18.6. The fourth-order valence-corrected chi connectivity index (χ4v) is 10.4. The average molecular weight is 956 g/mol. The van der Waals surface area contributed by atoms with Crippen LogP contribution in [-0.4, -0.2) is 124 Å². The molecule has 3 fully saturated rings. The van der Waals surface area contributed by atoms with E-state index in [4.69, 9.17) is 33.2 Å². The fraction of sp³-hybridized carbons (Fsp3) is 0.471. The molecule has 0 radical (unpaired) electrons. The Hall–Kier alpha value is -6.15. The van der Waals surface area contributed by atoms with Gasteiger partial charge in [0.05, 0.1) is 42.3 Å². The van der Waals surface area contributed by atoms with Gasteiger partial charge in [-0.25, -0.2) is 9.59 Å². The lowest BCUT2D eigenvalue weighted by Gasteiger charge is -2.69. The Labute approximate surface area is 398 Å². The second-order valence-electron chi connectivity index (χ2n) is 18.6. The summed E-state index contributed by atoms with van der Waals surface area (Å²) in [5.74, 6) is -10.0. The van der Waals surface area contributed by atoms with E-state index >= 15 is 9.59 Å². The topological polar surface area (TPSA) is 257 Å². The van der Waals surface area contributed by atoms with Crippen molar-refractivity contribution in [1.82, 2.24) is 5.32 Å². The highest BCUT2D eigenvalue weighted by Crippen LogP contribution is 2.66. The van der Waals surface area contributed by atoms with Crippen LogP contribution in [0.3, 0.4) is 0 Å². The van der Waals surface area contributed by atoms with Crippen LogP contribution in [0.4, 0.5) is 0 Å². The number of fused-ring (bicyclic) bond motifs is 5. The Morgan fingerprint density at radius 2 is 1.45 bits per heavy atom. The molecule has 69 heavy (non-hydrogen) atoms. The Morgan fingerprint density at radius 3 is 2.01 bits per heavy atom. The highest BCUT2D eigenvalue weighted by atomic mass is 16.7. The van der Waals surface area contributed by atoms with Crippen molar-refractivity contribution in [3.8, 4) is 0 Å². The Bertz CT molecular complexity index is 2460. The van der Waals surface area contributed by atoms with Crippen LogP contribution in [0.2, 0.25) is 0 Å². The van der Waals surface area contributed by atoms with Crippen LogP contribution >= 0.6 is 0 Å². The molecule has 2 saturated carbocycles. The van der Waals surface area contributed by atoms with E-state index in [0.29, 0.717) is 11.8 Å². The summed E-state index contributed by atoms with van der Waals surface area (Å²) in [6.07, 6.45) is -9.72. The summed E-state index contributed by atoms with van der Waals surface area (Å²) in [7, 11) is 0. The number of amides is 1. The number of Topliss-reactive ketones (excluding diaryl/α,β-unsaturated/α-hetero) is 1. The summed E-state index contributed by atoms with van der Waals surface area (Å²) >= 11 is 0. The van der Waals surface area contributed by atoms with Crippen LogP contribution in [0.15, 0.2) is 103 Å². The summed E-state index contributed by atoms with van der Waals surface area (Å²) < 4.78 is 42.0. The number of benzene rings is 3. The number of hydrogen-bond donors (Lipinski definition) is 4. The molecular weight excluding hydrogens is 899 g/mol. The van der Waals surface area contributed by atoms with Gasteiger partial charge in [0.2, 0.25) is 5.79 Å². The molecule has 7 rings (SSSR count). The lowest BCUT2D eigenvalue weighted by molar-refractivity contribution is -0.453. The zero-order chi connectivity index (χ0) is 50.1. The number of rotatable bonds is 16. The first-order valence-corrected chi connectivity index (χ1v) is 22.6. The maximum atomic E-state index is 15.6. The molecule has 1 heterocycles. The first-order chi connectivity index (χ1) is 32.6. The Kier molecular flexibility index (Phi) is 14.5. The average Bonchev–Trinajstić information content (AvgIpc) is 3.31. The zero-order valence-corrected chi connectivity index (χ0v) is 39.0. The van der Waals surface area contributed by atoms with Gasteiger partial charge in [0, 0.05) is 44.1 Å². The maximum absolute atomic E-state index is 15.6. The minimum Gasteiger partial charge on any atom is -0.456 e. The first-order valence-electron chi connectivity index (χ1n) is 22.6. The number of carbonyl (C=O) groups is 7. The molecule has 1 aliphatic heterocycles. The number of nitrogens with one attached hydrogen (secondary N) is 1. The third-order valence-corrected chi connectivity index (χ3v) is 14.1. The number of ketones is 1. The minimum atomic E-state index is -2.54. The van der Waals surface area contributed by atoms with Crippen LogP contribution in [0.25, 0.3) is 0 Å². The molecule has 1 amide bonds. The third-order valence-electron chi connectivity index (χ3n) is 14.1. The molecule has 4 aliphatic rings. The van der Waals surface area contributed by atoms with Gasteiger partial charge in [-0.1, -0.05) is 80.6 Å². The summed E-state index contributed by atoms with van der Waals surface area (Å²) in [5, 5.41) is 40.9. The largest absolute Gasteiger partial charge is 0.456 e. The number of esters is 4. The zero-order valence-electron chi connectivity index (χ0n) is 39.0. The van der Waals surface area contributed by atoms with E-state index in [-0.39, 0.29) is 29.7 Å². The van der Waals surface area contributed by atoms with Crippen molar-refractivity contribution in [3.05, 3.63) is 119 Å². The lowest BCUT2D eigenvalue weighted by atomic mass is 9.44. The monoisotopic (exact) mass is 955 g/mol. The van der Waals surface area contributed by atoms with Crippen molar-refractivity contribution in [2.75, 3.05) is 13.2 Å². The third kappa shape index (κ3) is 9.24. The molecule has 12 atom stereocenters. The van der Waals surface area contributed by atoms with Gasteiger partial charge in [-0.2, -0.15) is 0 Å². The summed E-state index contributed by atoms with van der Waals surface area (Å²) in [4.78, 5) is 96.2. The predicted octanol–water partition coefficient (Wildman–Crippen LogP) is 3.64. The first kappa shape index (κ1) is 50.7. The number of aliphatic hydroxyl groups is 3. The number of ether oxygens (including phenoxy) is 7. The van der Waals surface area contributed by atoms with Crippen molar-refractivity contribution in [2.24, 2.45) is 16.7 Å². The van der Waals surface area contributed by atoms with Gasteiger partial charge in [0.25, 0.3) is 5.91 Å². The van der Waals surface area contributed by atoms with Crippen LogP contribution in [0, 0.1) is 16.7 Å². The molecule has 2 bridgehead atoms. The summed E-state index contributed by atoms with van der Waals surface area (Å²) in [5.41, 5.74) is -8.35. The van der Waals surface area contributed by atoms with E-state index in [9.17, 15) is 39.3 Å². The van der Waals surface area contributed by atoms with Crippen molar-refractivity contribution in [2.45, 2.75) is 121 Å². The van der Waals surface area contributed by atoms with Gasteiger partial charge in [0.15, 0.2) is 29.9 Å². The van der Waals surface area contributed by atoms with Crippen molar-refractivity contribution in [3.63, 3.8) is 0 Å². The second kappa shape index (κ2) is 19.7. The van der Waals surface area contributed by atoms with E-state index in [1.54, 1.807) is 78.9 Å². The Balaban J connectivity index is 1.40. The highest BCUT2D eigenvalue weighted by molar-refractivity contribution is 5.96. The van der Waals surface area contributed by atoms with Crippen LogP contribution in [-0.2, 0) is 57.1 Å². The van der Waals surface area contributed by atoms with E-state index in [0.717, 1.165) is 13.8 Å². The van der Waals surface area contributed by atoms with Gasteiger partial charge in [-0.3, -0.25) is 19.2 Å². The number of carbonyl (C=O) groups excluding carboxylic acids is 7. The molecular formula is C51H57NO17. The summed E-state index contributed by atoms with van der Waals surface area (Å²) in [6.45, 7) is 7.14. The quantitative estimate of drug-likeness (QED) is 0.0399. The molecule has 1 saturated heterocycles. The van der Waals surface area contributed by atoms with Gasteiger partial charge in [-0.05, 0) is 55.3 Å². The van der Waals surface area contributed by atoms with Crippen LogP contribution < -0.4 is 5.32 Å². The Morgan fingerprint density at radius 1 is 0.841 bits per heavy atom. The highest BCUT2D eigenvalue weighted by Gasteiger charge is 2.82. The van der Waals surface area contributed by atoms with E-state index < -0.39 is 132 Å². The van der Waals surface area contributed by atoms with E-state index in [2.05, 4.69) is 5.32 Å². The molecule has 3 aromatic rings. The number of aldehydes is 1. The van der Waals surface area contributed by atoms with Crippen molar-refractivity contribution >= 4 is 41.9 Å². The molecule has 4 N–H and O–H groups in total. The van der Waals surface area contributed by atoms with Crippen molar-refractivity contribution in [1.29, 1.82) is 0 Å². The normalized spacial score (nSPS) is 31.2. The molecule has 18 heteroatoms. The van der Waals surface area contributed by atoms with Crippen LogP contribution in [0.5, 0.6) is 0 Å². The minimum absolute atomic E-state index is 0.00272. The van der Waals surface area contributed by atoms with Gasteiger partial charge in [-0.15, -0.1) is 0 Å². The number of hydrogen-bond acceptors (Lipinski definition) is 17. The molecule has 3 aliphatic carbocycles. The molecule has 368 valence electrons. The summed E-state index contributed by atoms with van der Waals surface area (Å²) in [6, 6.07) is 22.9. The molecule has 3 aromatic carbocycles. The standard InChI is InChI=1S/C51H57NO17/c1-29(54)65-39-36-25-35(67-46(60)40(66-31(3)63-24-16-23-53)38(32-17-10-7-11-18-32)52-44(58)33-19-12-8-13-20-33)26-49(61,47(36,4)5)43(68-45(59)34-21-14-9-15-22-34)41-48(6,42(39)57)37(56)27-51(62)50(41,28-64-51)69-30(2)55/h7-15,17-23,25,31,35,37-41,43,56,61-62H,16,24,26-28H2,1-6H3,(H,52,58)/t31?,35?,37-,38?,39?,40+,41-,43-,48+,49-,50?,51+/m0/s1. The maximum Gasteiger partial charge on any atom is 0.338 e. The van der Waals surface area contributed by atoms with Gasteiger partial charge >= 0.3 is 23.9 Å². The van der Waals surface area contributed by atoms with E-state index in [1.807, 2.05) is 0 Å². The SMILES string of the molecule is CC(=O)OC1C(=O)[C@@]2(C)[C@H]([C@H](OC(=O)c3ccccc3)[C@@]3(O)CC(OC(=O)[C@H](OC(C)OCCC=O)C(NC(=O)c4ccccc4)c4ccccc4)C=C1C3(C)C)C1(OC(C)=O)CO[C@]1(O)C[C@@H]2O. The molecule has 0 aromatic heterocycles. The fourth-order valence-electron chi connectivity index (χ4n) is 10.4. The van der Waals surface area contributed by atoms with Gasteiger partial charge < -0.3 is 58.6 Å². The predicted molar refractivity (Wildman–Crippen MR) is 239 cm³/mol. The van der Waals surface area contributed by atoms with E-state index in [1.165, 1.54) is 45.9 Å². The smallest absolute Gasteiger partial charge is 0.338 e.